The van der Waals surface area contributed by atoms with Crippen molar-refractivity contribution < 1.29 is 23.7 Å². The predicted octanol–water partition coefficient (Wildman–Crippen LogP) is 2.79. The number of carbonyl (C=O) groups excluding carboxylic acids is 1. The second-order valence-electron chi connectivity index (χ2n) is 6.34. The summed E-state index contributed by atoms with van der Waals surface area (Å²) in [6.07, 6.45) is 2.82. The van der Waals surface area contributed by atoms with E-state index in [0.29, 0.717) is 34.2 Å². The number of benzene rings is 1. The Labute approximate surface area is 173 Å². The van der Waals surface area contributed by atoms with Crippen molar-refractivity contribution in [2.45, 2.75) is 13.5 Å². The number of rotatable bonds is 7. The minimum atomic E-state index is -0.585. The molecule has 156 valence electrons. The zero-order valence-corrected chi connectivity index (χ0v) is 17.2. The van der Waals surface area contributed by atoms with Gasteiger partial charge in [0.2, 0.25) is 0 Å². The summed E-state index contributed by atoms with van der Waals surface area (Å²) in [5.74, 6) is 0.940. The lowest BCUT2D eigenvalue weighted by Gasteiger charge is -2.12. The molecule has 0 unspecified atom stereocenters. The van der Waals surface area contributed by atoms with Gasteiger partial charge in [0, 0.05) is 29.5 Å². The van der Waals surface area contributed by atoms with Crippen molar-refractivity contribution in [1.82, 2.24) is 9.38 Å². The molecule has 8 heteroatoms. The molecule has 0 radical (unpaired) electrons. The van der Waals surface area contributed by atoms with Gasteiger partial charge in [0.25, 0.3) is 5.56 Å². The predicted molar refractivity (Wildman–Crippen MR) is 111 cm³/mol. The lowest BCUT2D eigenvalue weighted by Crippen LogP contribution is -2.18. The Bertz CT molecular complexity index is 1170. The highest BCUT2D eigenvalue weighted by Gasteiger charge is 2.11. The summed E-state index contributed by atoms with van der Waals surface area (Å²) in [6.45, 7) is 1.70. The third-order valence-electron chi connectivity index (χ3n) is 4.43. The second kappa shape index (κ2) is 9.13. The van der Waals surface area contributed by atoms with Crippen molar-refractivity contribution in [2.24, 2.45) is 0 Å². The van der Waals surface area contributed by atoms with Gasteiger partial charge in [-0.05, 0) is 31.2 Å². The average Bonchev–Trinajstić information content (AvgIpc) is 2.75. The first-order valence-electron chi connectivity index (χ1n) is 9.10. The van der Waals surface area contributed by atoms with Crippen LogP contribution in [0.5, 0.6) is 17.2 Å². The van der Waals surface area contributed by atoms with Crippen LogP contribution >= 0.6 is 0 Å². The first-order chi connectivity index (χ1) is 14.5. The van der Waals surface area contributed by atoms with Crippen molar-refractivity contribution in [3.8, 4) is 17.2 Å². The number of hydrogen-bond acceptors (Lipinski definition) is 7. The zero-order chi connectivity index (χ0) is 21.7. The van der Waals surface area contributed by atoms with Crippen molar-refractivity contribution in [1.29, 1.82) is 0 Å². The Kier molecular flexibility index (Phi) is 6.36. The van der Waals surface area contributed by atoms with Gasteiger partial charge < -0.3 is 18.9 Å². The summed E-state index contributed by atoms with van der Waals surface area (Å²) in [5, 5.41) is 0. The molecule has 0 fully saturated rings. The molecule has 2 heterocycles. The maximum atomic E-state index is 12.3. The fourth-order valence-electron chi connectivity index (χ4n) is 2.97. The van der Waals surface area contributed by atoms with E-state index in [2.05, 4.69) is 4.98 Å². The molecule has 0 aliphatic carbocycles. The summed E-state index contributed by atoms with van der Waals surface area (Å²) in [6, 6.07) is 10.1. The molecule has 3 aromatic rings. The molecule has 0 N–H and O–H groups in total. The number of pyridine rings is 1. The topological polar surface area (TPSA) is 88.4 Å². The summed E-state index contributed by atoms with van der Waals surface area (Å²) in [4.78, 5) is 28.8. The average molecular weight is 410 g/mol. The number of hydrogen-bond donors (Lipinski definition) is 0. The normalized spacial score (nSPS) is 10.9. The van der Waals surface area contributed by atoms with Gasteiger partial charge in [-0.15, -0.1) is 0 Å². The van der Waals surface area contributed by atoms with Crippen LogP contribution in [0.4, 0.5) is 0 Å². The van der Waals surface area contributed by atoms with E-state index in [4.69, 9.17) is 18.9 Å². The largest absolute Gasteiger partial charge is 0.496 e. The van der Waals surface area contributed by atoms with E-state index in [1.807, 2.05) is 19.1 Å². The molecule has 0 amide bonds. The Balaban J connectivity index is 1.74. The fraction of sp³-hybridized carbons (Fsp3) is 0.227. The highest BCUT2D eigenvalue weighted by molar-refractivity contribution is 5.87. The minimum absolute atomic E-state index is 0.119. The fourth-order valence-corrected chi connectivity index (χ4v) is 2.97. The van der Waals surface area contributed by atoms with Crippen LogP contribution in [0, 0.1) is 6.92 Å². The van der Waals surface area contributed by atoms with Gasteiger partial charge in [-0.3, -0.25) is 9.20 Å². The van der Waals surface area contributed by atoms with Crippen LogP contribution in [-0.2, 0) is 16.1 Å². The first-order valence-corrected chi connectivity index (χ1v) is 9.10. The molecule has 30 heavy (non-hydrogen) atoms. The van der Waals surface area contributed by atoms with E-state index in [9.17, 15) is 9.59 Å². The number of nitrogens with zero attached hydrogens (tertiary/aromatic N) is 2. The number of carbonyl (C=O) groups is 1. The quantitative estimate of drug-likeness (QED) is 0.437. The third-order valence-corrected chi connectivity index (χ3v) is 4.43. The summed E-state index contributed by atoms with van der Waals surface area (Å²) in [7, 11) is 4.56. The molecule has 3 rings (SSSR count). The van der Waals surface area contributed by atoms with Crippen LogP contribution in [0.3, 0.4) is 0 Å². The standard InChI is InChI=1S/C22H22N2O6/c1-14-6-5-7-20-23-16(11-21(25)24(14)20)13-30-22(26)9-8-15-10-18(28-3)19(29-4)12-17(15)27-2/h5-12H,13H2,1-4H3/b9-8+. The molecule has 0 aliphatic rings. The Morgan fingerprint density at radius 2 is 1.73 bits per heavy atom. The molecule has 2 aromatic heterocycles. The molecule has 1 aromatic carbocycles. The Morgan fingerprint density at radius 3 is 2.43 bits per heavy atom. The van der Waals surface area contributed by atoms with E-state index in [1.54, 1.807) is 24.3 Å². The van der Waals surface area contributed by atoms with Gasteiger partial charge in [-0.1, -0.05) is 6.07 Å². The van der Waals surface area contributed by atoms with E-state index in [1.165, 1.54) is 37.9 Å². The van der Waals surface area contributed by atoms with E-state index < -0.39 is 5.97 Å². The molecule has 0 saturated carbocycles. The number of aryl methyl sites for hydroxylation is 1. The zero-order valence-electron chi connectivity index (χ0n) is 17.2. The number of methoxy groups -OCH3 is 3. The number of aromatic nitrogens is 2. The van der Waals surface area contributed by atoms with Crippen LogP contribution < -0.4 is 19.8 Å². The van der Waals surface area contributed by atoms with Crippen molar-refractivity contribution in [2.75, 3.05) is 21.3 Å². The molecular weight excluding hydrogens is 388 g/mol. The lowest BCUT2D eigenvalue weighted by molar-refractivity contribution is -0.139. The monoisotopic (exact) mass is 410 g/mol. The van der Waals surface area contributed by atoms with Crippen LogP contribution in [0.1, 0.15) is 17.0 Å². The van der Waals surface area contributed by atoms with Gasteiger partial charge >= 0.3 is 5.97 Å². The van der Waals surface area contributed by atoms with Gasteiger partial charge in [-0.25, -0.2) is 9.78 Å². The number of ether oxygens (including phenoxy) is 4. The van der Waals surface area contributed by atoms with Crippen molar-refractivity contribution in [3.05, 3.63) is 69.8 Å². The van der Waals surface area contributed by atoms with Gasteiger partial charge in [-0.2, -0.15) is 0 Å². The molecular formula is C22H22N2O6. The van der Waals surface area contributed by atoms with Gasteiger partial charge in [0.15, 0.2) is 11.5 Å². The Hall–Kier alpha value is -3.81. The van der Waals surface area contributed by atoms with Crippen LogP contribution in [0.25, 0.3) is 11.7 Å². The SMILES string of the molecule is COc1cc(OC)c(OC)cc1/C=C/C(=O)OCc1cc(=O)n2c(C)cccc2n1. The molecule has 0 atom stereocenters. The highest BCUT2D eigenvalue weighted by Crippen LogP contribution is 2.35. The van der Waals surface area contributed by atoms with E-state index >= 15 is 0 Å². The number of esters is 1. The summed E-state index contributed by atoms with van der Waals surface area (Å²) in [5.41, 5.74) is 2.04. The van der Waals surface area contributed by atoms with E-state index in [0.717, 1.165) is 5.69 Å². The highest BCUT2D eigenvalue weighted by atomic mass is 16.5. The third kappa shape index (κ3) is 4.43. The van der Waals surface area contributed by atoms with Crippen molar-refractivity contribution >= 4 is 17.7 Å². The first kappa shape index (κ1) is 20.9. The minimum Gasteiger partial charge on any atom is -0.496 e. The molecule has 0 aliphatic heterocycles. The summed E-state index contributed by atoms with van der Waals surface area (Å²) < 4.78 is 22.6. The smallest absolute Gasteiger partial charge is 0.331 e. The van der Waals surface area contributed by atoms with E-state index in [-0.39, 0.29) is 12.2 Å². The lowest BCUT2D eigenvalue weighted by atomic mass is 10.1. The van der Waals surface area contributed by atoms with Crippen LogP contribution in [0.2, 0.25) is 0 Å². The molecule has 0 spiro atoms. The van der Waals surface area contributed by atoms with Crippen LogP contribution in [0.15, 0.2) is 47.3 Å². The van der Waals surface area contributed by atoms with Gasteiger partial charge in [0.1, 0.15) is 18.0 Å². The second-order valence-corrected chi connectivity index (χ2v) is 6.34. The molecule has 8 nitrogen and oxygen atoms in total. The number of fused-ring (bicyclic) bond motifs is 1. The van der Waals surface area contributed by atoms with Crippen LogP contribution in [-0.4, -0.2) is 36.7 Å². The Morgan fingerprint density at radius 1 is 1.03 bits per heavy atom. The molecule has 0 saturated heterocycles. The maximum Gasteiger partial charge on any atom is 0.331 e. The van der Waals surface area contributed by atoms with Crippen molar-refractivity contribution in [3.63, 3.8) is 0 Å². The summed E-state index contributed by atoms with van der Waals surface area (Å²) >= 11 is 0. The van der Waals surface area contributed by atoms with Gasteiger partial charge in [0.05, 0.1) is 27.0 Å². The molecule has 0 bridgehead atoms. The maximum absolute atomic E-state index is 12.3.